The lowest BCUT2D eigenvalue weighted by Crippen LogP contribution is -2.24. The van der Waals surface area contributed by atoms with Gasteiger partial charge in [0.05, 0.1) is 0 Å². The van der Waals surface area contributed by atoms with Crippen LogP contribution in [0, 0.1) is 23.7 Å². The monoisotopic (exact) mass is 236 g/mol. The van der Waals surface area contributed by atoms with E-state index in [-0.39, 0.29) is 0 Å². The molecule has 0 amide bonds. The highest BCUT2D eigenvalue weighted by atomic mass is 14.4. The molecule has 0 heteroatoms. The lowest BCUT2D eigenvalue weighted by molar-refractivity contribution is 0.160. The van der Waals surface area contributed by atoms with Crippen molar-refractivity contribution in [3.63, 3.8) is 0 Å². The molecule has 0 bridgehead atoms. The summed E-state index contributed by atoms with van der Waals surface area (Å²) in [6.45, 7) is 4.69. The standard InChI is InChI=1S/C17H32/c1-3-5-6-8-15-11-12-16-10-9-14(7-4-2)13-17(15)16/h14-17H,3-13H2,1-2H3. The summed E-state index contributed by atoms with van der Waals surface area (Å²) in [5.41, 5.74) is 0. The molecule has 0 nitrogen and oxygen atoms in total. The average molecular weight is 236 g/mol. The first kappa shape index (κ1) is 13.4. The van der Waals surface area contributed by atoms with Crippen molar-refractivity contribution in [2.45, 2.75) is 84.5 Å². The van der Waals surface area contributed by atoms with Gasteiger partial charge in [-0.25, -0.2) is 0 Å². The molecule has 0 heterocycles. The SMILES string of the molecule is CCCCCC1CCC2CCC(CCC)CC12. The summed E-state index contributed by atoms with van der Waals surface area (Å²) >= 11 is 0. The molecule has 0 spiro atoms. The molecule has 100 valence electrons. The maximum absolute atomic E-state index is 2.36. The molecule has 2 rings (SSSR count). The van der Waals surface area contributed by atoms with Gasteiger partial charge >= 0.3 is 0 Å². The predicted octanol–water partition coefficient (Wildman–Crippen LogP) is 5.81. The summed E-state index contributed by atoms with van der Waals surface area (Å²) in [5.74, 6) is 4.48. The van der Waals surface area contributed by atoms with E-state index in [0.717, 1.165) is 23.7 Å². The van der Waals surface area contributed by atoms with Gasteiger partial charge in [0.2, 0.25) is 0 Å². The van der Waals surface area contributed by atoms with Crippen molar-refractivity contribution in [1.82, 2.24) is 0 Å². The van der Waals surface area contributed by atoms with Crippen molar-refractivity contribution in [2.75, 3.05) is 0 Å². The van der Waals surface area contributed by atoms with Crippen LogP contribution in [0.1, 0.15) is 84.5 Å². The highest BCUT2D eigenvalue weighted by Crippen LogP contribution is 2.50. The Kier molecular flexibility index (Phi) is 5.38. The maximum Gasteiger partial charge on any atom is -0.0355 e. The van der Waals surface area contributed by atoms with E-state index in [4.69, 9.17) is 0 Å². The third-order valence-electron chi connectivity index (χ3n) is 5.55. The van der Waals surface area contributed by atoms with Crippen LogP contribution in [-0.2, 0) is 0 Å². The lowest BCUT2D eigenvalue weighted by atomic mass is 9.71. The van der Waals surface area contributed by atoms with Crippen LogP contribution in [0.5, 0.6) is 0 Å². The minimum absolute atomic E-state index is 1.09. The molecule has 0 aromatic heterocycles. The smallest absolute Gasteiger partial charge is 0.0355 e. The molecule has 2 aliphatic rings. The third-order valence-corrected chi connectivity index (χ3v) is 5.55. The van der Waals surface area contributed by atoms with Crippen LogP contribution < -0.4 is 0 Å². The van der Waals surface area contributed by atoms with E-state index < -0.39 is 0 Å². The molecule has 0 N–H and O–H groups in total. The Bertz CT molecular complexity index is 208. The van der Waals surface area contributed by atoms with Crippen molar-refractivity contribution in [3.05, 3.63) is 0 Å². The molecule has 4 atom stereocenters. The molecule has 2 saturated carbocycles. The molecule has 17 heavy (non-hydrogen) atoms. The summed E-state index contributed by atoms with van der Waals surface area (Å²) < 4.78 is 0. The van der Waals surface area contributed by atoms with Crippen LogP contribution in [0.4, 0.5) is 0 Å². The molecule has 2 fully saturated rings. The molecule has 0 radical (unpaired) electrons. The zero-order valence-corrected chi connectivity index (χ0v) is 12.1. The first-order chi connectivity index (χ1) is 8.35. The van der Waals surface area contributed by atoms with Crippen LogP contribution in [-0.4, -0.2) is 0 Å². The van der Waals surface area contributed by atoms with Crippen LogP contribution in [0.3, 0.4) is 0 Å². The Labute approximate surface area is 109 Å². The summed E-state index contributed by atoms with van der Waals surface area (Å²) in [6, 6.07) is 0. The number of rotatable bonds is 6. The zero-order valence-electron chi connectivity index (χ0n) is 12.1. The number of fused-ring (bicyclic) bond motifs is 1. The van der Waals surface area contributed by atoms with Crippen molar-refractivity contribution in [2.24, 2.45) is 23.7 Å². The van der Waals surface area contributed by atoms with Crippen molar-refractivity contribution >= 4 is 0 Å². The average Bonchev–Trinajstić information content (AvgIpc) is 2.73. The van der Waals surface area contributed by atoms with E-state index in [1.807, 2.05) is 0 Å². The van der Waals surface area contributed by atoms with Crippen molar-refractivity contribution < 1.29 is 0 Å². The van der Waals surface area contributed by atoms with Gasteiger partial charge in [-0.2, -0.15) is 0 Å². The Morgan fingerprint density at radius 1 is 0.824 bits per heavy atom. The molecule has 4 unspecified atom stereocenters. The first-order valence-electron chi connectivity index (χ1n) is 8.35. The van der Waals surface area contributed by atoms with E-state index >= 15 is 0 Å². The Morgan fingerprint density at radius 3 is 2.41 bits per heavy atom. The molecular formula is C17H32. The maximum atomic E-state index is 2.36. The van der Waals surface area contributed by atoms with Crippen molar-refractivity contribution in [1.29, 1.82) is 0 Å². The number of hydrogen-bond acceptors (Lipinski definition) is 0. The summed E-state index contributed by atoms with van der Waals surface area (Å²) in [5, 5.41) is 0. The van der Waals surface area contributed by atoms with Gasteiger partial charge in [0, 0.05) is 0 Å². The fraction of sp³-hybridized carbons (Fsp3) is 1.00. The van der Waals surface area contributed by atoms with E-state index in [1.165, 1.54) is 32.1 Å². The van der Waals surface area contributed by atoms with Gasteiger partial charge in [0.1, 0.15) is 0 Å². The summed E-state index contributed by atoms with van der Waals surface area (Å²) in [7, 11) is 0. The van der Waals surface area contributed by atoms with Crippen LogP contribution in [0.15, 0.2) is 0 Å². The minimum atomic E-state index is 1.09. The molecule has 0 aromatic carbocycles. The van der Waals surface area contributed by atoms with Crippen LogP contribution >= 0.6 is 0 Å². The van der Waals surface area contributed by atoms with Crippen molar-refractivity contribution in [3.8, 4) is 0 Å². The van der Waals surface area contributed by atoms with Crippen LogP contribution in [0.2, 0.25) is 0 Å². The fourth-order valence-corrected chi connectivity index (χ4v) is 4.62. The molecular weight excluding hydrogens is 204 g/mol. The van der Waals surface area contributed by atoms with E-state index in [9.17, 15) is 0 Å². The van der Waals surface area contributed by atoms with E-state index in [1.54, 1.807) is 38.5 Å². The fourth-order valence-electron chi connectivity index (χ4n) is 4.62. The Balaban J connectivity index is 1.80. The van der Waals surface area contributed by atoms with Gasteiger partial charge < -0.3 is 0 Å². The van der Waals surface area contributed by atoms with Gasteiger partial charge in [-0.05, 0) is 49.4 Å². The third kappa shape index (κ3) is 3.48. The zero-order chi connectivity index (χ0) is 12.1. The van der Waals surface area contributed by atoms with Crippen LogP contribution in [0.25, 0.3) is 0 Å². The molecule has 0 aliphatic heterocycles. The summed E-state index contributed by atoms with van der Waals surface area (Å²) in [6.07, 6.45) is 16.7. The van der Waals surface area contributed by atoms with E-state index in [2.05, 4.69) is 13.8 Å². The lowest BCUT2D eigenvalue weighted by Gasteiger charge is -2.34. The molecule has 0 aromatic rings. The highest BCUT2D eigenvalue weighted by Gasteiger charge is 2.39. The second-order valence-corrected chi connectivity index (χ2v) is 6.72. The predicted molar refractivity (Wildman–Crippen MR) is 76.1 cm³/mol. The molecule has 2 aliphatic carbocycles. The normalized spacial score (nSPS) is 37.1. The van der Waals surface area contributed by atoms with Gasteiger partial charge in [0.25, 0.3) is 0 Å². The minimum Gasteiger partial charge on any atom is -0.0654 e. The largest absolute Gasteiger partial charge is 0.0654 e. The van der Waals surface area contributed by atoms with Gasteiger partial charge in [0.15, 0.2) is 0 Å². The summed E-state index contributed by atoms with van der Waals surface area (Å²) in [4.78, 5) is 0. The topological polar surface area (TPSA) is 0 Å². The Morgan fingerprint density at radius 2 is 1.65 bits per heavy atom. The van der Waals surface area contributed by atoms with Gasteiger partial charge in [-0.3, -0.25) is 0 Å². The second kappa shape index (κ2) is 6.81. The first-order valence-corrected chi connectivity index (χ1v) is 8.35. The number of hydrogen-bond donors (Lipinski definition) is 0. The Hall–Kier alpha value is 0. The second-order valence-electron chi connectivity index (χ2n) is 6.72. The van der Waals surface area contributed by atoms with Gasteiger partial charge in [-0.15, -0.1) is 0 Å². The van der Waals surface area contributed by atoms with Gasteiger partial charge in [-0.1, -0.05) is 58.8 Å². The molecule has 0 saturated heterocycles. The number of unbranched alkanes of at least 4 members (excludes halogenated alkanes) is 2. The van der Waals surface area contributed by atoms with E-state index in [0.29, 0.717) is 0 Å². The highest BCUT2D eigenvalue weighted by molar-refractivity contribution is 4.89. The quantitative estimate of drug-likeness (QED) is 0.511.